The maximum Gasteiger partial charge on any atom is 0.326 e. The van der Waals surface area contributed by atoms with Crippen LogP contribution < -0.4 is 27.4 Å². The molecule has 1 aromatic heterocycles. The highest BCUT2D eigenvalue weighted by Crippen LogP contribution is 2.07. The Morgan fingerprint density at radius 2 is 1.65 bits per heavy atom. The number of hydrogen-bond donors (Lipinski definition) is 8. The van der Waals surface area contributed by atoms with Gasteiger partial charge < -0.3 is 37.5 Å². The number of primary amides is 1. The van der Waals surface area contributed by atoms with Gasteiger partial charge in [0.15, 0.2) is 0 Å². The van der Waals surface area contributed by atoms with E-state index in [0.717, 1.165) is 0 Å². The maximum atomic E-state index is 12.8. The van der Waals surface area contributed by atoms with E-state index in [1.165, 1.54) is 12.5 Å². The average Bonchev–Trinajstić information content (AvgIpc) is 3.26. The number of carboxylic acids is 1. The number of thiol groups is 1. The Hall–Kier alpha value is -3.13. The highest BCUT2D eigenvalue weighted by molar-refractivity contribution is 7.80. The molecule has 0 fully saturated rings. The molecule has 0 aliphatic heterocycles. The van der Waals surface area contributed by atoms with Crippen LogP contribution in [0.4, 0.5) is 0 Å². The number of H-pyrrole nitrogens is 1. The molecule has 4 unspecified atom stereocenters. The van der Waals surface area contributed by atoms with Crippen molar-refractivity contribution in [2.24, 2.45) is 17.4 Å². The number of imidazole rings is 1. The standard InChI is InChI=1S/C20H33N7O6S/c1-10(2)5-14(20(32)33)26-18(30)13(3-4-16(22)28)25-19(31)15(8-34)27-17(29)12(21)6-11-7-23-9-24-11/h7,9-10,12-15,34H,3-6,8,21H2,1-2H3,(H2,22,28)(H,23,24)(H,25,31)(H,26,30)(H,27,29)(H,32,33). The number of aromatic nitrogens is 2. The summed E-state index contributed by atoms with van der Waals surface area (Å²) in [6, 6.07) is -4.55. The third kappa shape index (κ3) is 10.2. The van der Waals surface area contributed by atoms with E-state index in [-0.39, 0.29) is 37.4 Å². The lowest BCUT2D eigenvalue weighted by atomic mass is 10.0. The van der Waals surface area contributed by atoms with Crippen molar-refractivity contribution < 1.29 is 29.1 Å². The number of aliphatic carboxylic acids is 1. The molecule has 0 radical (unpaired) electrons. The Morgan fingerprint density at radius 3 is 2.15 bits per heavy atom. The summed E-state index contributed by atoms with van der Waals surface area (Å²) < 4.78 is 0. The van der Waals surface area contributed by atoms with E-state index in [1.54, 1.807) is 13.8 Å². The maximum absolute atomic E-state index is 12.8. The number of nitrogens with two attached hydrogens (primary N) is 2. The highest BCUT2D eigenvalue weighted by Gasteiger charge is 2.30. The van der Waals surface area contributed by atoms with Crippen molar-refractivity contribution in [3.8, 4) is 0 Å². The van der Waals surface area contributed by atoms with Gasteiger partial charge in [-0.25, -0.2) is 9.78 Å². The van der Waals surface area contributed by atoms with E-state index in [1.807, 2.05) is 0 Å². The zero-order valence-corrected chi connectivity index (χ0v) is 20.0. The second kappa shape index (κ2) is 14.2. The van der Waals surface area contributed by atoms with Crippen molar-refractivity contribution in [2.75, 3.05) is 5.75 Å². The minimum absolute atomic E-state index is 0.0187. The monoisotopic (exact) mass is 499 g/mol. The number of carboxylic acid groups (broad SMARTS) is 1. The smallest absolute Gasteiger partial charge is 0.326 e. The first-order valence-corrected chi connectivity index (χ1v) is 11.3. The Morgan fingerprint density at radius 1 is 1.06 bits per heavy atom. The number of hydrogen-bond acceptors (Lipinski definition) is 8. The van der Waals surface area contributed by atoms with Gasteiger partial charge in [0.1, 0.15) is 18.1 Å². The molecule has 1 rings (SSSR count). The van der Waals surface area contributed by atoms with Gasteiger partial charge in [-0.3, -0.25) is 19.2 Å². The molecule has 34 heavy (non-hydrogen) atoms. The van der Waals surface area contributed by atoms with E-state index >= 15 is 0 Å². The summed E-state index contributed by atoms with van der Waals surface area (Å²) >= 11 is 4.08. The number of rotatable bonds is 15. The van der Waals surface area contributed by atoms with Crippen molar-refractivity contribution in [3.63, 3.8) is 0 Å². The molecule has 1 heterocycles. The van der Waals surface area contributed by atoms with E-state index in [0.29, 0.717) is 5.69 Å². The van der Waals surface area contributed by atoms with Gasteiger partial charge >= 0.3 is 5.97 Å². The van der Waals surface area contributed by atoms with Crippen molar-refractivity contribution in [1.82, 2.24) is 25.9 Å². The van der Waals surface area contributed by atoms with Crippen LogP contribution in [0.2, 0.25) is 0 Å². The minimum atomic E-state index is -1.26. The molecule has 0 aliphatic carbocycles. The van der Waals surface area contributed by atoms with Crippen LogP contribution in [-0.2, 0) is 30.4 Å². The number of carbonyl (C=O) groups is 5. The van der Waals surface area contributed by atoms with Crippen LogP contribution in [-0.4, -0.2) is 74.6 Å². The lowest BCUT2D eigenvalue weighted by Gasteiger charge is -2.24. The fourth-order valence-electron chi connectivity index (χ4n) is 2.99. The topological polar surface area (TPSA) is 222 Å². The molecule has 14 heteroatoms. The predicted octanol–water partition coefficient (Wildman–Crippen LogP) is -1.94. The van der Waals surface area contributed by atoms with Gasteiger partial charge in [-0.05, 0) is 18.8 Å². The molecule has 1 aromatic rings. The quantitative estimate of drug-likeness (QED) is 0.126. The number of nitrogens with zero attached hydrogens (tertiary/aromatic N) is 1. The Balaban J connectivity index is 2.85. The second-order valence-corrected chi connectivity index (χ2v) is 8.59. The lowest BCUT2D eigenvalue weighted by molar-refractivity contribution is -0.143. The number of amides is 4. The first-order chi connectivity index (χ1) is 15.9. The largest absolute Gasteiger partial charge is 0.480 e. The van der Waals surface area contributed by atoms with Crippen molar-refractivity contribution in [3.05, 3.63) is 18.2 Å². The SMILES string of the molecule is CC(C)CC(NC(=O)C(CCC(N)=O)NC(=O)C(CS)NC(=O)C(N)Cc1cnc[nH]1)C(=O)O. The Labute approximate surface area is 202 Å². The van der Waals surface area contributed by atoms with E-state index < -0.39 is 53.8 Å². The normalized spacial score (nSPS) is 14.5. The molecule has 0 bridgehead atoms. The molecule has 190 valence electrons. The van der Waals surface area contributed by atoms with Gasteiger partial charge in [-0.1, -0.05) is 13.8 Å². The van der Waals surface area contributed by atoms with Gasteiger partial charge in [0.25, 0.3) is 0 Å². The van der Waals surface area contributed by atoms with Crippen LogP contribution >= 0.6 is 12.6 Å². The lowest BCUT2D eigenvalue weighted by Crippen LogP contribution is -2.58. The van der Waals surface area contributed by atoms with Gasteiger partial charge in [-0.15, -0.1) is 0 Å². The molecule has 9 N–H and O–H groups in total. The first kappa shape index (κ1) is 28.9. The highest BCUT2D eigenvalue weighted by atomic mass is 32.1. The fourth-order valence-corrected chi connectivity index (χ4v) is 3.25. The average molecular weight is 500 g/mol. The van der Waals surface area contributed by atoms with Crippen LogP contribution in [0.3, 0.4) is 0 Å². The zero-order valence-electron chi connectivity index (χ0n) is 19.1. The number of carbonyl (C=O) groups excluding carboxylic acids is 4. The summed E-state index contributed by atoms with van der Waals surface area (Å²) in [4.78, 5) is 67.3. The molecular formula is C20H33N7O6S. The van der Waals surface area contributed by atoms with Crippen molar-refractivity contribution in [2.45, 2.75) is 63.7 Å². The van der Waals surface area contributed by atoms with Gasteiger partial charge in [-0.2, -0.15) is 12.6 Å². The fraction of sp³-hybridized carbons (Fsp3) is 0.600. The van der Waals surface area contributed by atoms with E-state index in [9.17, 15) is 29.1 Å². The summed E-state index contributed by atoms with van der Waals surface area (Å²) in [6.45, 7) is 3.59. The van der Waals surface area contributed by atoms with Gasteiger partial charge in [0.05, 0.1) is 12.4 Å². The molecule has 0 spiro atoms. The summed E-state index contributed by atoms with van der Waals surface area (Å²) in [5.74, 6) is -4.22. The summed E-state index contributed by atoms with van der Waals surface area (Å²) in [7, 11) is 0. The Bertz CT molecular complexity index is 848. The van der Waals surface area contributed by atoms with Gasteiger partial charge in [0.2, 0.25) is 23.6 Å². The molecular weight excluding hydrogens is 466 g/mol. The number of aromatic amines is 1. The molecule has 0 aromatic carbocycles. The predicted molar refractivity (Wildman–Crippen MR) is 125 cm³/mol. The Kier molecular flexibility index (Phi) is 12.1. The molecule has 0 saturated heterocycles. The van der Waals surface area contributed by atoms with Crippen LogP contribution in [0, 0.1) is 5.92 Å². The van der Waals surface area contributed by atoms with Crippen LogP contribution in [0.5, 0.6) is 0 Å². The second-order valence-electron chi connectivity index (χ2n) is 8.23. The minimum Gasteiger partial charge on any atom is -0.480 e. The third-order valence-electron chi connectivity index (χ3n) is 4.78. The van der Waals surface area contributed by atoms with Crippen molar-refractivity contribution in [1.29, 1.82) is 0 Å². The van der Waals surface area contributed by atoms with Gasteiger partial charge in [0, 0.05) is 30.5 Å². The molecule has 13 nitrogen and oxygen atoms in total. The molecule has 4 amide bonds. The van der Waals surface area contributed by atoms with Crippen LogP contribution in [0.25, 0.3) is 0 Å². The van der Waals surface area contributed by atoms with Crippen LogP contribution in [0.15, 0.2) is 12.5 Å². The van der Waals surface area contributed by atoms with E-state index in [4.69, 9.17) is 11.5 Å². The van der Waals surface area contributed by atoms with Crippen molar-refractivity contribution >= 4 is 42.2 Å². The summed E-state index contributed by atoms with van der Waals surface area (Å²) in [5.41, 5.74) is 11.7. The molecule has 4 atom stereocenters. The molecule has 0 saturated carbocycles. The summed E-state index contributed by atoms with van der Waals surface area (Å²) in [6.07, 6.45) is 2.89. The summed E-state index contributed by atoms with van der Waals surface area (Å²) in [5, 5.41) is 16.7. The molecule has 0 aliphatic rings. The zero-order chi connectivity index (χ0) is 25.8. The third-order valence-corrected chi connectivity index (χ3v) is 5.15. The van der Waals surface area contributed by atoms with E-state index in [2.05, 4.69) is 38.5 Å². The van der Waals surface area contributed by atoms with Crippen LogP contribution in [0.1, 0.15) is 38.8 Å². The first-order valence-electron chi connectivity index (χ1n) is 10.7. The number of nitrogens with one attached hydrogen (secondary N) is 4.